The summed E-state index contributed by atoms with van der Waals surface area (Å²) in [4.78, 5) is 26.9. The van der Waals surface area contributed by atoms with E-state index in [0.717, 1.165) is 37.6 Å². The van der Waals surface area contributed by atoms with Gasteiger partial charge in [-0.1, -0.05) is 11.9 Å². The van der Waals surface area contributed by atoms with Crippen LogP contribution in [0.5, 0.6) is 0 Å². The van der Waals surface area contributed by atoms with Crippen molar-refractivity contribution in [1.82, 2.24) is 9.97 Å². The number of anilines is 4. The first kappa shape index (κ1) is 24.1. The summed E-state index contributed by atoms with van der Waals surface area (Å²) >= 11 is 1.45. The van der Waals surface area contributed by atoms with Gasteiger partial charge in [0.1, 0.15) is 5.82 Å². The summed E-state index contributed by atoms with van der Waals surface area (Å²) in [6.45, 7) is 6.15. The van der Waals surface area contributed by atoms with Crippen LogP contribution in [0.3, 0.4) is 0 Å². The van der Waals surface area contributed by atoms with Gasteiger partial charge in [-0.2, -0.15) is 4.98 Å². The standard InChI is InChI=1S/C25H34N6O3S/c1-18-17-31(12-14-34-18)24-26-9-4-22(28-24)27-23(33)20-3-2-19(29-35-15-13-32)16-21(20)30-10-7-25(5-6-25)8-11-30/h2-4,9,16,18,29,32H,5-8,10-15,17H2,1H3,(H,26,27,28,33). The molecule has 1 atom stereocenters. The fraction of sp³-hybridized carbons (Fsp3) is 0.560. The van der Waals surface area contributed by atoms with Gasteiger partial charge in [0.15, 0.2) is 0 Å². The fourth-order valence-corrected chi connectivity index (χ4v) is 5.37. The zero-order valence-electron chi connectivity index (χ0n) is 20.2. The number of aliphatic hydroxyl groups is 1. The summed E-state index contributed by atoms with van der Waals surface area (Å²) in [5.74, 6) is 1.51. The van der Waals surface area contributed by atoms with Crippen molar-refractivity contribution in [3.05, 3.63) is 36.0 Å². The van der Waals surface area contributed by atoms with Gasteiger partial charge >= 0.3 is 0 Å². The SMILES string of the molecule is CC1CN(c2nccc(NC(=O)c3ccc(NSCCO)cc3N3CCC4(CC3)CC4)n2)CCO1. The molecule has 9 nitrogen and oxygen atoms in total. The number of hydrogen-bond acceptors (Lipinski definition) is 9. The molecule has 188 valence electrons. The van der Waals surface area contributed by atoms with Crippen LogP contribution in [0.25, 0.3) is 0 Å². The molecular weight excluding hydrogens is 464 g/mol. The lowest BCUT2D eigenvalue weighted by molar-refractivity contribution is 0.0526. The summed E-state index contributed by atoms with van der Waals surface area (Å²) in [7, 11) is 0. The minimum absolute atomic E-state index is 0.115. The van der Waals surface area contributed by atoms with E-state index in [2.05, 4.69) is 29.8 Å². The highest BCUT2D eigenvalue weighted by molar-refractivity contribution is 8.00. The van der Waals surface area contributed by atoms with Crippen molar-refractivity contribution in [1.29, 1.82) is 0 Å². The van der Waals surface area contributed by atoms with Crippen molar-refractivity contribution >= 4 is 41.0 Å². The molecule has 5 rings (SSSR count). The first-order valence-electron chi connectivity index (χ1n) is 12.4. The number of aliphatic hydroxyl groups excluding tert-OH is 1. The molecule has 1 unspecified atom stereocenters. The minimum Gasteiger partial charge on any atom is -0.395 e. The van der Waals surface area contributed by atoms with Crippen molar-refractivity contribution in [2.75, 3.05) is 65.0 Å². The number of morpholine rings is 1. The second kappa shape index (κ2) is 10.6. The summed E-state index contributed by atoms with van der Waals surface area (Å²) in [5.41, 5.74) is 3.05. The second-order valence-electron chi connectivity index (χ2n) is 9.72. The lowest BCUT2D eigenvalue weighted by Crippen LogP contribution is -2.42. The molecule has 3 N–H and O–H groups in total. The molecule has 0 bridgehead atoms. The monoisotopic (exact) mass is 498 g/mol. The van der Waals surface area contributed by atoms with E-state index in [1.54, 1.807) is 12.3 Å². The van der Waals surface area contributed by atoms with Crippen molar-refractivity contribution in [2.24, 2.45) is 5.41 Å². The van der Waals surface area contributed by atoms with E-state index >= 15 is 0 Å². The molecule has 3 heterocycles. The zero-order chi connectivity index (χ0) is 24.3. The zero-order valence-corrected chi connectivity index (χ0v) is 21.0. The Kier molecular flexibility index (Phi) is 7.31. The molecular formula is C25H34N6O3S. The third-order valence-corrected chi connectivity index (χ3v) is 7.92. The van der Waals surface area contributed by atoms with E-state index < -0.39 is 0 Å². The quantitative estimate of drug-likeness (QED) is 0.373. The third-order valence-electron chi connectivity index (χ3n) is 7.16. The van der Waals surface area contributed by atoms with Crippen LogP contribution in [0.1, 0.15) is 43.0 Å². The first-order valence-corrected chi connectivity index (χ1v) is 13.4. The highest BCUT2D eigenvalue weighted by Crippen LogP contribution is 2.54. The lowest BCUT2D eigenvalue weighted by atomic mass is 9.93. The van der Waals surface area contributed by atoms with Gasteiger partial charge in [-0.05, 0) is 62.3 Å². The number of benzene rings is 1. The number of piperidine rings is 1. The average molecular weight is 499 g/mol. The van der Waals surface area contributed by atoms with Gasteiger partial charge < -0.3 is 29.7 Å². The number of carbonyl (C=O) groups is 1. The number of amides is 1. The molecule has 1 amide bonds. The highest BCUT2D eigenvalue weighted by Gasteiger charge is 2.44. The van der Waals surface area contributed by atoms with E-state index in [9.17, 15) is 4.79 Å². The normalized spacial score (nSPS) is 21.1. The maximum atomic E-state index is 13.4. The molecule has 10 heteroatoms. The molecule has 0 radical (unpaired) electrons. The topological polar surface area (TPSA) is 103 Å². The molecule has 1 aromatic carbocycles. The Labute approximate surface area is 210 Å². The van der Waals surface area contributed by atoms with Crippen LogP contribution < -0.4 is 19.8 Å². The van der Waals surface area contributed by atoms with Crippen LogP contribution in [0.2, 0.25) is 0 Å². The molecule has 3 fully saturated rings. The molecule has 1 spiro atoms. The van der Waals surface area contributed by atoms with Crippen LogP contribution in [0.4, 0.5) is 23.1 Å². The lowest BCUT2D eigenvalue weighted by Gasteiger charge is -2.35. The summed E-state index contributed by atoms with van der Waals surface area (Å²) in [6, 6.07) is 7.56. The van der Waals surface area contributed by atoms with Gasteiger partial charge in [0.2, 0.25) is 5.95 Å². The number of nitrogens with one attached hydrogen (secondary N) is 2. The van der Waals surface area contributed by atoms with Crippen LogP contribution in [0, 0.1) is 5.41 Å². The number of nitrogens with zero attached hydrogens (tertiary/aromatic N) is 4. The van der Waals surface area contributed by atoms with Crippen LogP contribution in [-0.4, -0.2) is 72.2 Å². The Hall–Kier alpha value is -2.56. The van der Waals surface area contributed by atoms with E-state index in [0.29, 0.717) is 35.1 Å². The van der Waals surface area contributed by atoms with Gasteiger partial charge in [0.25, 0.3) is 5.91 Å². The predicted octanol–water partition coefficient (Wildman–Crippen LogP) is 3.39. The number of ether oxygens (including phenoxy) is 1. The molecule has 3 aliphatic rings. The Balaban J connectivity index is 1.34. The van der Waals surface area contributed by atoms with Crippen LogP contribution in [0.15, 0.2) is 30.5 Å². The molecule has 1 aromatic heterocycles. The maximum Gasteiger partial charge on any atom is 0.258 e. The Morgan fingerprint density at radius 1 is 1.20 bits per heavy atom. The van der Waals surface area contributed by atoms with Crippen molar-refractivity contribution in [2.45, 2.75) is 38.7 Å². The molecule has 2 saturated heterocycles. The second-order valence-corrected chi connectivity index (χ2v) is 10.6. The van der Waals surface area contributed by atoms with Crippen LogP contribution in [-0.2, 0) is 4.74 Å². The molecule has 2 aromatic rings. The van der Waals surface area contributed by atoms with Gasteiger partial charge in [0, 0.05) is 43.8 Å². The van der Waals surface area contributed by atoms with Gasteiger partial charge in [-0.25, -0.2) is 4.98 Å². The number of hydrogen-bond donors (Lipinski definition) is 3. The largest absolute Gasteiger partial charge is 0.395 e. The molecule has 1 aliphatic carbocycles. The Bertz CT molecular complexity index is 1040. The summed E-state index contributed by atoms with van der Waals surface area (Å²) in [5, 5.41) is 12.1. The average Bonchev–Trinajstić information content (AvgIpc) is 3.63. The molecule has 1 saturated carbocycles. The van der Waals surface area contributed by atoms with E-state index in [1.807, 2.05) is 25.1 Å². The maximum absolute atomic E-state index is 13.4. The summed E-state index contributed by atoms with van der Waals surface area (Å²) < 4.78 is 8.90. The van der Waals surface area contributed by atoms with Crippen molar-refractivity contribution in [3.63, 3.8) is 0 Å². The highest BCUT2D eigenvalue weighted by atomic mass is 32.2. The number of carbonyl (C=O) groups excluding carboxylic acids is 1. The van der Waals surface area contributed by atoms with Crippen molar-refractivity contribution < 1.29 is 14.6 Å². The minimum atomic E-state index is -0.179. The number of aromatic nitrogens is 2. The van der Waals surface area contributed by atoms with E-state index in [1.165, 1.54) is 37.6 Å². The fourth-order valence-electron chi connectivity index (χ4n) is 4.88. The predicted molar refractivity (Wildman–Crippen MR) is 140 cm³/mol. The van der Waals surface area contributed by atoms with Gasteiger partial charge in [0.05, 0.1) is 30.6 Å². The first-order chi connectivity index (χ1) is 17.0. The van der Waals surface area contributed by atoms with E-state index in [4.69, 9.17) is 9.84 Å². The molecule has 2 aliphatic heterocycles. The third kappa shape index (κ3) is 5.82. The van der Waals surface area contributed by atoms with Crippen molar-refractivity contribution in [3.8, 4) is 0 Å². The van der Waals surface area contributed by atoms with Gasteiger partial charge in [-0.15, -0.1) is 0 Å². The van der Waals surface area contributed by atoms with Crippen LogP contribution >= 0.6 is 11.9 Å². The molecule has 35 heavy (non-hydrogen) atoms. The number of rotatable bonds is 8. The smallest absolute Gasteiger partial charge is 0.258 e. The van der Waals surface area contributed by atoms with Gasteiger partial charge in [-0.3, -0.25) is 4.79 Å². The Morgan fingerprint density at radius 2 is 2.03 bits per heavy atom. The summed E-state index contributed by atoms with van der Waals surface area (Å²) in [6.07, 6.45) is 6.84. The van der Waals surface area contributed by atoms with E-state index in [-0.39, 0.29) is 18.6 Å². The Morgan fingerprint density at radius 3 is 2.77 bits per heavy atom.